The Balaban J connectivity index is 3.13. The van der Waals surface area contributed by atoms with Crippen molar-refractivity contribution in [2.75, 3.05) is 11.5 Å². The van der Waals surface area contributed by atoms with E-state index in [-0.39, 0.29) is 16.0 Å². The number of sulfone groups is 1. The third-order valence-corrected chi connectivity index (χ3v) is 3.24. The van der Waals surface area contributed by atoms with Crippen molar-refractivity contribution >= 4 is 26.5 Å². The van der Waals surface area contributed by atoms with E-state index in [0.717, 1.165) is 11.5 Å². The van der Waals surface area contributed by atoms with E-state index in [9.17, 15) is 8.42 Å². The maximum absolute atomic E-state index is 11.0. The van der Waals surface area contributed by atoms with Gasteiger partial charge < -0.3 is 5.73 Å². The van der Waals surface area contributed by atoms with Crippen LogP contribution in [0.15, 0.2) is 5.16 Å². The van der Waals surface area contributed by atoms with Crippen LogP contribution in [0.1, 0.15) is 6.92 Å². The first-order chi connectivity index (χ1) is 5.06. The van der Waals surface area contributed by atoms with Crippen LogP contribution < -0.4 is 5.73 Å². The second kappa shape index (κ2) is 2.74. The van der Waals surface area contributed by atoms with E-state index in [1.807, 2.05) is 0 Å². The molecule has 0 saturated heterocycles. The normalized spacial score (nSPS) is 11.7. The van der Waals surface area contributed by atoms with Gasteiger partial charge in [0, 0.05) is 11.5 Å². The van der Waals surface area contributed by atoms with Crippen LogP contribution in [-0.2, 0) is 9.84 Å². The molecule has 7 heteroatoms. The van der Waals surface area contributed by atoms with Gasteiger partial charge in [0.1, 0.15) is 0 Å². The maximum atomic E-state index is 11.0. The minimum absolute atomic E-state index is 0.00315. The van der Waals surface area contributed by atoms with Gasteiger partial charge in [-0.15, -0.1) is 0 Å². The van der Waals surface area contributed by atoms with E-state index < -0.39 is 9.84 Å². The van der Waals surface area contributed by atoms with Crippen molar-refractivity contribution in [3.8, 4) is 0 Å². The summed E-state index contributed by atoms with van der Waals surface area (Å²) >= 11 is 0.884. The summed E-state index contributed by atoms with van der Waals surface area (Å²) in [5.41, 5.74) is 5.21. The van der Waals surface area contributed by atoms with E-state index >= 15 is 0 Å². The van der Waals surface area contributed by atoms with Gasteiger partial charge in [0.05, 0.1) is 5.75 Å². The van der Waals surface area contributed by atoms with E-state index in [1.165, 1.54) is 6.92 Å². The fourth-order valence-electron chi connectivity index (χ4n) is 0.476. The molecule has 1 heterocycles. The first kappa shape index (κ1) is 8.41. The number of aromatic nitrogens is 2. The highest BCUT2D eigenvalue weighted by Gasteiger charge is 2.16. The number of hydrogen-bond acceptors (Lipinski definition) is 6. The quantitative estimate of drug-likeness (QED) is 0.709. The van der Waals surface area contributed by atoms with Crippen LogP contribution in [0.5, 0.6) is 0 Å². The van der Waals surface area contributed by atoms with Gasteiger partial charge in [0.15, 0.2) is 0 Å². The van der Waals surface area contributed by atoms with Crippen molar-refractivity contribution in [1.29, 1.82) is 0 Å². The molecule has 11 heavy (non-hydrogen) atoms. The monoisotopic (exact) mass is 193 g/mol. The molecule has 0 aliphatic carbocycles. The van der Waals surface area contributed by atoms with Crippen molar-refractivity contribution in [3.63, 3.8) is 0 Å². The third kappa shape index (κ3) is 1.66. The molecular weight excluding hydrogens is 186 g/mol. The molecule has 0 aliphatic rings. The van der Waals surface area contributed by atoms with Gasteiger partial charge in [0.2, 0.25) is 15.0 Å². The molecule has 0 radical (unpaired) electrons. The molecule has 0 aromatic carbocycles. The highest BCUT2D eigenvalue weighted by molar-refractivity contribution is 7.91. The maximum Gasteiger partial charge on any atom is 0.260 e. The Morgan fingerprint density at radius 2 is 2.27 bits per heavy atom. The topological polar surface area (TPSA) is 85.9 Å². The number of nitrogens with two attached hydrogens (primary N) is 1. The largest absolute Gasteiger partial charge is 0.374 e. The van der Waals surface area contributed by atoms with Gasteiger partial charge in [0.25, 0.3) is 5.16 Å². The Kier molecular flexibility index (Phi) is 2.10. The van der Waals surface area contributed by atoms with Crippen LogP contribution in [-0.4, -0.2) is 23.5 Å². The van der Waals surface area contributed by atoms with Gasteiger partial charge in [-0.3, -0.25) is 0 Å². The minimum Gasteiger partial charge on any atom is -0.374 e. The summed E-state index contributed by atoms with van der Waals surface area (Å²) in [6.07, 6.45) is 0. The Labute approximate surface area is 68.3 Å². The first-order valence-electron chi connectivity index (χ1n) is 2.88. The molecular formula is C4H7N3O2S2. The Bertz CT molecular complexity index is 342. The molecule has 0 aliphatic heterocycles. The number of anilines is 1. The van der Waals surface area contributed by atoms with Crippen molar-refractivity contribution in [2.24, 2.45) is 0 Å². The van der Waals surface area contributed by atoms with Crippen molar-refractivity contribution < 1.29 is 8.42 Å². The highest BCUT2D eigenvalue weighted by Crippen LogP contribution is 2.11. The van der Waals surface area contributed by atoms with Crippen LogP contribution in [0.4, 0.5) is 5.13 Å². The summed E-state index contributed by atoms with van der Waals surface area (Å²) in [6.45, 7) is 1.53. The van der Waals surface area contributed by atoms with Gasteiger partial charge in [-0.1, -0.05) is 6.92 Å². The Morgan fingerprint density at radius 1 is 1.64 bits per heavy atom. The molecule has 0 bridgehead atoms. The second-order valence-electron chi connectivity index (χ2n) is 1.82. The summed E-state index contributed by atoms with van der Waals surface area (Å²) in [6, 6.07) is 0. The summed E-state index contributed by atoms with van der Waals surface area (Å²) in [5, 5.41) is 0.0134. The van der Waals surface area contributed by atoms with Crippen LogP contribution in [0.3, 0.4) is 0 Å². The first-order valence-corrected chi connectivity index (χ1v) is 5.31. The molecule has 1 rings (SSSR count). The lowest BCUT2D eigenvalue weighted by Gasteiger charge is -1.90. The van der Waals surface area contributed by atoms with Crippen molar-refractivity contribution in [2.45, 2.75) is 12.1 Å². The molecule has 0 saturated carbocycles. The van der Waals surface area contributed by atoms with Crippen LogP contribution >= 0.6 is 11.5 Å². The molecule has 0 atom stereocenters. The number of hydrogen-bond donors (Lipinski definition) is 1. The van der Waals surface area contributed by atoms with E-state index in [2.05, 4.69) is 9.36 Å². The smallest absolute Gasteiger partial charge is 0.260 e. The SMILES string of the molecule is CCS(=O)(=O)c1nsc(N)n1. The zero-order valence-corrected chi connectivity index (χ0v) is 7.44. The standard InChI is InChI=1S/C4H7N3O2S2/c1-2-11(8,9)4-6-3(5)10-7-4/h2H2,1H3,(H2,5,6,7). The summed E-state index contributed by atoms with van der Waals surface area (Å²) in [5.74, 6) is 0.00315. The van der Waals surface area contributed by atoms with Crippen molar-refractivity contribution in [3.05, 3.63) is 0 Å². The van der Waals surface area contributed by atoms with Gasteiger partial charge in [-0.2, -0.15) is 9.36 Å². The van der Waals surface area contributed by atoms with Crippen LogP contribution in [0, 0.1) is 0 Å². The zero-order valence-electron chi connectivity index (χ0n) is 5.81. The average molecular weight is 193 g/mol. The number of nitrogen functional groups attached to an aromatic ring is 1. The molecule has 0 amide bonds. The lowest BCUT2D eigenvalue weighted by Crippen LogP contribution is -2.05. The van der Waals surface area contributed by atoms with Gasteiger partial charge >= 0.3 is 0 Å². The number of nitrogens with zero attached hydrogens (tertiary/aromatic N) is 2. The summed E-state index contributed by atoms with van der Waals surface area (Å²) in [7, 11) is -3.27. The van der Waals surface area contributed by atoms with E-state index in [1.54, 1.807) is 0 Å². The highest BCUT2D eigenvalue weighted by atomic mass is 32.2. The molecule has 1 aromatic heterocycles. The fraction of sp³-hybridized carbons (Fsp3) is 0.500. The third-order valence-electron chi connectivity index (χ3n) is 1.08. The number of rotatable bonds is 2. The molecule has 0 fully saturated rings. The van der Waals surface area contributed by atoms with Gasteiger partial charge in [-0.25, -0.2) is 8.42 Å². The molecule has 5 nitrogen and oxygen atoms in total. The summed E-state index contributed by atoms with van der Waals surface area (Å²) < 4.78 is 25.7. The fourth-order valence-corrected chi connectivity index (χ4v) is 1.94. The minimum atomic E-state index is -3.27. The zero-order chi connectivity index (χ0) is 8.48. The molecule has 62 valence electrons. The molecule has 2 N–H and O–H groups in total. The Hall–Kier alpha value is -0.690. The van der Waals surface area contributed by atoms with Gasteiger partial charge in [-0.05, 0) is 0 Å². The van der Waals surface area contributed by atoms with E-state index in [4.69, 9.17) is 5.73 Å². The van der Waals surface area contributed by atoms with E-state index in [0.29, 0.717) is 0 Å². The average Bonchev–Trinajstić information content (AvgIpc) is 2.36. The Morgan fingerprint density at radius 3 is 2.64 bits per heavy atom. The lowest BCUT2D eigenvalue weighted by atomic mass is 11.0. The predicted octanol–water partition coefficient (Wildman–Crippen LogP) is -0.0861. The van der Waals surface area contributed by atoms with Crippen LogP contribution in [0.2, 0.25) is 0 Å². The second-order valence-corrected chi connectivity index (χ2v) is 4.77. The summed E-state index contributed by atoms with van der Waals surface area (Å²) in [4.78, 5) is 3.55. The molecule has 0 spiro atoms. The predicted molar refractivity (Wildman–Crippen MR) is 42.0 cm³/mol. The van der Waals surface area contributed by atoms with Crippen LogP contribution in [0.25, 0.3) is 0 Å². The lowest BCUT2D eigenvalue weighted by molar-refractivity contribution is 0.590. The molecule has 0 unspecified atom stereocenters. The van der Waals surface area contributed by atoms with Crippen molar-refractivity contribution in [1.82, 2.24) is 9.36 Å². The molecule has 1 aromatic rings.